The number of aromatic amines is 1. The molecule has 2 aliphatic heterocycles. The van der Waals surface area contributed by atoms with Crippen LogP contribution in [-0.2, 0) is 18.4 Å². The van der Waals surface area contributed by atoms with Crippen LogP contribution >= 0.6 is 0 Å². The number of carbonyl (C=O) groups excluding carboxylic acids is 2. The van der Waals surface area contributed by atoms with E-state index in [1.807, 2.05) is 50.1 Å². The molecule has 2 amide bonds. The molecule has 0 spiro atoms. The molecule has 0 radical (unpaired) electrons. The first-order valence-corrected chi connectivity index (χ1v) is 10.5. The zero-order chi connectivity index (χ0) is 22.6. The maximum absolute atomic E-state index is 13.2. The summed E-state index contributed by atoms with van der Waals surface area (Å²) in [5.41, 5.74) is 6.37. The summed E-state index contributed by atoms with van der Waals surface area (Å²) in [6, 6.07) is 5.60. The van der Waals surface area contributed by atoms with Crippen LogP contribution in [0.4, 0.5) is 5.69 Å². The smallest absolute Gasteiger partial charge is 0.258 e. The van der Waals surface area contributed by atoms with E-state index in [2.05, 4.69) is 20.3 Å². The van der Waals surface area contributed by atoms with Crippen LogP contribution in [0, 0.1) is 6.92 Å². The molecule has 32 heavy (non-hydrogen) atoms. The van der Waals surface area contributed by atoms with Gasteiger partial charge < -0.3 is 15.2 Å². The fourth-order valence-electron chi connectivity index (χ4n) is 4.22. The van der Waals surface area contributed by atoms with Gasteiger partial charge in [0.05, 0.1) is 40.1 Å². The number of hydrogen-bond acceptors (Lipinski definition) is 5. The van der Waals surface area contributed by atoms with Gasteiger partial charge >= 0.3 is 0 Å². The number of fused-ring (bicyclic) bond motifs is 4. The lowest BCUT2D eigenvalue weighted by Crippen LogP contribution is -2.35. The first kappa shape index (κ1) is 20.2. The number of nitrogens with one attached hydrogen (secondary N) is 2. The van der Waals surface area contributed by atoms with Crippen LogP contribution in [0.3, 0.4) is 0 Å². The molecular formula is C23H25N7O2. The molecule has 5 heterocycles. The van der Waals surface area contributed by atoms with E-state index < -0.39 is 0 Å². The first-order chi connectivity index (χ1) is 15.3. The molecule has 164 valence electrons. The van der Waals surface area contributed by atoms with Gasteiger partial charge in [0.1, 0.15) is 5.69 Å². The van der Waals surface area contributed by atoms with E-state index in [9.17, 15) is 9.59 Å². The third-order valence-corrected chi connectivity index (χ3v) is 6.07. The molecule has 3 aromatic rings. The number of H-pyrrole nitrogens is 1. The van der Waals surface area contributed by atoms with Gasteiger partial charge in [0, 0.05) is 45.0 Å². The highest BCUT2D eigenvalue weighted by molar-refractivity contribution is 6.34. The van der Waals surface area contributed by atoms with Crippen molar-refractivity contribution >= 4 is 29.2 Å². The number of aryl methyl sites for hydroxylation is 2. The molecular weight excluding hydrogens is 406 g/mol. The van der Waals surface area contributed by atoms with Gasteiger partial charge in [0.25, 0.3) is 11.8 Å². The third-order valence-electron chi connectivity index (χ3n) is 6.07. The van der Waals surface area contributed by atoms with E-state index in [0.717, 1.165) is 22.6 Å². The Morgan fingerprint density at radius 1 is 1.06 bits per heavy atom. The van der Waals surface area contributed by atoms with Crippen LogP contribution < -0.4 is 5.32 Å². The largest absolute Gasteiger partial charge is 0.358 e. The monoisotopic (exact) mass is 431 g/mol. The Morgan fingerprint density at radius 2 is 1.88 bits per heavy atom. The Bertz CT molecular complexity index is 1280. The minimum atomic E-state index is -0.237. The molecule has 0 saturated heterocycles. The zero-order valence-electron chi connectivity index (χ0n) is 18.6. The van der Waals surface area contributed by atoms with Gasteiger partial charge in [-0.1, -0.05) is 0 Å². The number of carbonyl (C=O) groups is 2. The highest BCUT2D eigenvalue weighted by Gasteiger charge is 2.29. The molecule has 0 fully saturated rings. The number of rotatable bonds is 0. The Morgan fingerprint density at radius 3 is 2.69 bits per heavy atom. The lowest BCUT2D eigenvalue weighted by molar-refractivity contribution is -0.110. The van der Waals surface area contributed by atoms with Crippen molar-refractivity contribution in [2.24, 2.45) is 7.05 Å². The Labute approximate surface area is 185 Å². The van der Waals surface area contributed by atoms with Crippen LogP contribution in [0.2, 0.25) is 0 Å². The summed E-state index contributed by atoms with van der Waals surface area (Å²) in [5.74, 6) is -0.329. The molecule has 0 saturated carbocycles. The number of aromatic nitrogens is 4. The highest BCUT2D eigenvalue weighted by Crippen LogP contribution is 2.35. The van der Waals surface area contributed by atoms with Crippen molar-refractivity contribution in [1.82, 2.24) is 29.5 Å². The molecule has 2 N–H and O–H groups in total. The van der Waals surface area contributed by atoms with Gasteiger partial charge in [-0.2, -0.15) is 5.10 Å². The number of anilines is 1. The van der Waals surface area contributed by atoms with E-state index in [1.165, 1.54) is 0 Å². The number of amides is 2. The minimum absolute atomic E-state index is 0.0916. The summed E-state index contributed by atoms with van der Waals surface area (Å²) in [7, 11) is 5.74. The predicted octanol–water partition coefficient (Wildman–Crippen LogP) is 2.13. The zero-order valence-corrected chi connectivity index (χ0v) is 18.6. The fraction of sp³-hybridized carbons (Fsp3) is 0.304. The van der Waals surface area contributed by atoms with Gasteiger partial charge in [-0.3, -0.25) is 19.2 Å². The SMILES string of the molecule is Cc1cc2c([nH]1)/C=C1\C(=O)Nc3ccc(nc31)-c1cnn(C)c1CN(C)CCN(C)C2=O. The summed E-state index contributed by atoms with van der Waals surface area (Å²) in [4.78, 5) is 37.9. The van der Waals surface area contributed by atoms with Gasteiger partial charge in [-0.25, -0.2) is 4.98 Å². The van der Waals surface area contributed by atoms with E-state index >= 15 is 0 Å². The van der Waals surface area contributed by atoms with Crippen molar-refractivity contribution < 1.29 is 9.59 Å². The first-order valence-electron chi connectivity index (χ1n) is 10.5. The number of likely N-dealkylation sites (N-methyl/N-ethyl adjacent to an activating group) is 2. The van der Waals surface area contributed by atoms with E-state index in [1.54, 1.807) is 18.0 Å². The lowest BCUT2D eigenvalue weighted by Gasteiger charge is -2.22. The van der Waals surface area contributed by atoms with Crippen LogP contribution in [0.5, 0.6) is 0 Å². The van der Waals surface area contributed by atoms with Crippen LogP contribution in [-0.4, -0.2) is 68.5 Å². The number of nitrogens with zero attached hydrogens (tertiary/aromatic N) is 5. The molecule has 0 atom stereocenters. The molecule has 2 aliphatic rings. The van der Waals surface area contributed by atoms with Crippen molar-refractivity contribution in [2.45, 2.75) is 13.5 Å². The Balaban J connectivity index is 1.72. The molecule has 9 nitrogen and oxygen atoms in total. The number of hydrogen-bond donors (Lipinski definition) is 2. The van der Waals surface area contributed by atoms with Crippen molar-refractivity contribution in [1.29, 1.82) is 0 Å². The van der Waals surface area contributed by atoms with Crippen molar-refractivity contribution in [2.75, 3.05) is 32.5 Å². The fourth-order valence-corrected chi connectivity index (χ4v) is 4.22. The third kappa shape index (κ3) is 3.31. The second-order valence-electron chi connectivity index (χ2n) is 8.48. The molecule has 0 aliphatic carbocycles. The van der Waals surface area contributed by atoms with Gasteiger partial charge in [-0.05, 0) is 38.2 Å². The quantitative estimate of drug-likeness (QED) is 0.568. The van der Waals surface area contributed by atoms with Crippen LogP contribution in [0.15, 0.2) is 24.4 Å². The summed E-state index contributed by atoms with van der Waals surface area (Å²) in [6.07, 6.45) is 3.54. The molecule has 9 heteroatoms. The van der Waals surface area contributed by atoms with Crippen LogP contribution in [0.25, 0.3) is 22.9 Å². The van der Waals surface area contributed by atoms with E-state index in [4.69, 9.17) is 4.98 Å². The Kier molecular flexibility index (Phi) is 4.70. The average Bonchev–Trinajstić information content (AvgIpc) is 3.41. The van der Waals surface area contributed by atoms with Gasteiger partial charge in [0.2, 0.25) is 0 Å². The summed E-state index contributed by atoms with van der Waals surface area (Å²) in [6.45, 7) is 3.82. The standard InChI is InChI=1S/C23H25N7O2/c1-13-9-14-19(25-13)10-15-21-18(27-22(15)31)6-5-17(26-21)16-11-24-30(4)20(16)12-28(2)7-8-29(3)23(14)32/h5-6,9-11,25H,7-8,12H2,1-4H3,(H,27,31)/b15-10-. The molecule has 3 aromatic heterocycles. The number of pyridine rings is 1. The lowest BCUT2D eigenvalue weighted by atomic mass is 10.1. The summed E-state index contributed by atoms with van der Waals surface area (Å²) in [5, 5.41) is 7.32. The molecule has 5 rings (SSSR count). The topological polar surface area (TPSA) is 99.1 Å². The maximum Gasteiger partial charge on any atom is 0.258 e. The normalized spacial score (nSPS) is 18.4. The Hall–Kier alpha value is -3.72. The van der Waals surface area contributed by atoms with Gasteiger partial charge in [0.15, 0.2) is 0 Å². The van der Waals surface area contributed by atoms with E-state index in [0.29, 0.717) is 47.8 Å². The molecule has 0 aromatic carbocycles. The average molecular weight is 432 g/mol. The minimum Gasteiger partial charge on any atom is -0.358 e. The summed E-state index contributed by atoms with van der Waals surface area (Å²) >= 11 is 0. The van der Waals surface area contributed by atoms with E-state index in [-0.39, 0.29) is 11.8 Å². The summed E-state index contributed by atoms with van der Waals surface area (Å²) < 4.78 is 1.85. The predicted molar refractivity (Wildman–Crippen MR) is 122 cm³/mol. The second kappa shape index (κ2) is 7.45. The highest BCUT2D eigenvalue weighted by atomic mass is 16.2. The maximum atomic E-state index is 13.2. The molecule has 2 bridgehead atoms. The van der Waals surface area contributed by atoms with Crippen molar-refractivity contribution in [3.63, 3.8) is 0 Å². The van der Waals surface area contributed by atoms with Crippen molar-refractivity contribution in [3.05, 3.63) is 52.7 Å². The molecule has 0 unspecified atom stereocenters. The van der Waals surface area contributed by atoms with Gasteiger partial charge in [-0.15, -0.1) is 0 Å². The second-order valence-corrected chi connectivity index (χ2v) is 8.48. The van der Waals surface area contributed by atoms with Crippen LogP contribution in [0.1, 0.15) is 33.1 Å². The van der Waals surface area contributed by atoms with Crippen molar-refractivity contribution in [3.8, 4) is 11.3 Å².